The number of likely N-dealkylation sites (tertiary alicyclic amines) is 1. The smallest absolute Gasteiger partial charge is 0.339 e. The van der Waals surface area contributed by atoms with E-state index in [1.54, 1.807) is 30.9 Å². The minimum Gasteiger partial charge on any atom is -0.486 e. The molecule has 1 amide bonds. The van der Waals surface area contributed by atoms with E-state index in [2.05, 4.69) is 0 Å². The summed E-state index contributed by atoms with van der Waals surface area (Å²) < 4.78 is 24.1. The lowest BCUT2D eigenvalue weighted by Crippen LogP contribution is -2.56. The quantitative estimate of drug-likeness (QED) is 0.836. The molecule has 2 heterocycles. The van der Waals surface area contributed by atoms with Crippen molar-refractivity contribution in [2.24, 2.45) is 0 Å². The van der Waals surface area contributed by atoms with Gasteiger partial charge in [-0.3, -0.25) is 4.79 Å². The van der Waals surface area contributed by atoms with Crippen LogP contribution in [0.5, 0.6) is 5.75 Å². The van der Waals surface area contributed by atoms with Gasteiger partial charge < -0.3 is 14.1 Å². The fourth-order valence-corrected chi connectivity index (χ4v) is 2.75. The first-order valence-corrected chi connectivity index (χ1v) is 8.22. The minimum absolute atomic E-state index is 0.0181. The molecule has 6 heteroatoms. The average Bonchev–Trinajstić information content (AvgIpc) is 2.50. The van der Waals surface area contributed by atoms with Gasteiger partial charge in [-0.25, -0.2) is 9.18 Å². The highest BCUT2D eigenvalue weighted by Crippen LogP contribution is 2.19. The molecule has 132 valence electrons. The maximum absolute atomic E-state index is 13.5. The first kappa shape index (κ1) is 17.2. The van der Waals surface area contributed by atoms with Gasteiger partial charge in [0.1, 0.15) is 23.4 Å². The number of hydrogen-bond acceptors (Lipinski definition) is 4. The Hall–Kier alpha value is -2.63. The number of carbonyl (C=O) groups is 1. The zero-order chi connectivity index (χ0) is 18.0. The maximum Gasteiger partial charge on any atom is 0.339 e. The SMILES string of the molecule is Cc1cc(OC2CN(C(=O)CCc3ccc(C)c(F)c3)C2)cc(=O)o1. The van der Waals surface area contributed by atoms with Gasteiger partial charge in [0.2, 0.25) is 5.91 Å². The van der Waals surface area contributed by atoms with Crippen LogP contribution in [0.3, 0.4) is 0 Å². The van der Waals surface area contributed by atoms with Crippen molar-refractivity contribution in [3.05, 3.63) is 63.5 Å². The summed E-state index contributed by atoms with van der Waals surface area (Å²) in [6, 6.07) is 7.99. The van der Waals surface area contributed by atoms with E-state index in [0.717, 1.165) is 5.56 Å². The zero-order valence-electron chi connectivity index (χ0n) is 14.3. The molecule has 0 unspecified atom stereocenters. The molecule has 1 aromatic carbocycles. The molecule has 1 saturated heterocycles. The summed E-state index contributed by atoms with van der Waals surface area (Å²) in [5.74, 6) is 0.718. The molecule has 5 nitrogen and oxygen atoms in total. The van der Waals surface area contributed by atoms with Gasteiger partial charge in [0.15, 0.2) is 0 Å². The van der Waals surface area contributed by atoms with E-state index in [1.165, 1.54) is 12.1 Å². The Balaban J connectivity index is 1.46. The molecular formula is C19H20FNO4. The third-order valence-corrected chi connectivity index (χ3v) is 4.23. The average molecular weight is 345 g/mol. The highest BCUT2D eigenvalue weighted by Gasteiger charge is 2.32. The van der Waals surface area contributed by atoms with Crippen LogP contribution in [0.1, 0.15) is 23.3 Å². The van der Waals surface area contributed by atoms with Crippen molar-refractivity contribution in [1.29, 1.82) is 0 Å². The first-order chi connectivity index (χ1) is 11.9. The number of benzene rings is 1. The van der Waals surface area contributed by atoms with E-state index in [-0.39, 0.29) is 17.8 Å². The monoisotopic (exact) mass is 345 g/mol. The zero-order valence-corrected chi connectivity index (χ0v) is 14.3. The van der Waals surface area contributed by atoms with Gasteiger partial charge in [-0.1, -0.05) is 12.1 Å². The van der Waals surface area contributed by atoms with Crippen molar-refractivity contribution in [1.82, 2.24) is 4.90 Å². The molecule has 1 aromatic heterocycles. The summed E-state index contributed by atoms with van der Waals surface area (Å²) in [4.78, 5) is 25.2. The van der Waals surface area contributed by atoms with Gasteiger partial charge in [-0.05, 0) is 37.5 Å². The van der Waals surface area contributed by atoms with Crippen molar-refractivity contribution in [2.45, 2.75) is 32.8 Å². The van der Waals surface area contributed by atoms with Crippen molar-refractivity contribution in [3.8, 4) is 5.75 Å². The van der Waals surface area contributed by atoms with Crippen molar-refractivity contribution >= 4 is 5.91 Å². The van der Waals surface area contributed by atoms with Crippen LogP contribution in [0.4, 0.5) is 4.39 Å². The van der Waals surface area contributed by atoms with Crippen LogP contribution >= 0.6 is 0 Å². The highest BCUT2D eigenvalue weighted by atomic mass is 19.1. The van der Waals surface area contributed by atoms with Gasteiger partial charge in [-0.2, -0.15) is 0 Å². The van der Waals surface area contributed by atoms with Gasteiger partial charge in [-0.15, -0.1) is 0 Å². The third kappa shape index (κ3) is 4.26. The lowest BCUT2D eigenvalue weighted by molar-refractivity contribution is -0.139. The van der Waals surface area contributed by atoms with Crippen LogP contribution in [0.25, 0.3) is 0 Å². The van der Waals surface area contributed by atoms with E-state index in [1.807, 2.05) is 6.07 Å². The van der Waals surface area contributed by atoms with Gasteiger partial charge >= 0.3 is 5.63 Å². The molecule has 1 aliphatic rings. The molecule has 0 aliphatic carbocycles. The second-order valence-corrected chi connectivity index (χ2v) is 6.34. The second-order valence-electron chi connectivity index (χ2n) is 6.34. The summed E-state index contributed by atoms with van der Waals surface area (Å²) in [6.07, 6.45) is 0.724. The number of nitrogens with zero attached hydrogens (tertiary/aromatic N) is 1. The number of amides is 1. The summed E-state index contributed by atoms with van der Waals surface area (Å²) in [5, 5.41) is 0. The van der Waals surface area contributed by atoms with Crippen LogP contribution in [0.2, 0.25) is 0 Å². The molecule has 25 heavy (non-hydrogen) atoms. The predicted octanol–water partition coefficient (Wildman–Crippen LogP) is 2.62. The van der Waals surface area contributed by atoms with Gasteiger partial charge in [0.25, 0.3) is 0 Å². The molecule has 0 spiro atoms. The number of rotatable bonds is 5. The Kier molecular flexibility index (Phi) is 4.88. The maximum atomic E-state index is 13.5. The Morgan fingerprint density at radius 3 is 2.72 bits per heavy atom. The number of carbonyl (C=O) groups excluding carboxylic acids is 1. The fraction of sp³-hybridized carbons (Fsp3) is 0.368. The van der Waals surface area contributed by atoms with Crippen molar-refractivity contribution in [3.63, 3.8) is 0 Å². The minimum atomic E-state index is -0.451. The standard InChI is InChI=1S/C19H20FNO4/c1-12-3-4-14(8-17(12)20)5-6-18(22)21-10-16(11-21)25-15-7-13(2)24-19(23)9-15/h3-4,7-9,16H,5-6,10-11H2,1-2H3. The van der Waals surface area contributed by atoms with Crippen molar-refractivity contribution < 1.29 is 18.3 Å². The van der Waals surface area contributed by atoms with E-state index in [9.17, 15) is 14.0 Å². The van der Waals surface area contributed by atoms with E-state index in [0.29, 0.717) is 43.0 Å². The molecule has 1 fully saturated rings. The Morgan fingerprint density at radius 1 is 1.28 bits per heavy atom. The number of aryl methyl sites for hydroxylation is 3. The molecule has 0 N–H and O–H groups in total. The topological polar surface area (TPSA) is 59.8 Å². The fourth-order valence-electron chi connectivity index (χ4n) is 2.75. The number of ether oxygens (including phenoxy) is 1. The van der Waals surface area contributed by atoms with Gasteiger partial charge in [0, 0.05) is 12.5 Å². The molecular weight excluding hydrogens is 325 g/mol. The van der Waals surface area contributed by atoms with Crippen LogP contribution in [-0.4, -0.2) is 30.0 Å². The molecule has 0 atom stereocenters. The summed E-state index contributed by atoms with van der Waals surface area (Å²) in [5.41, 5.74) is 0.965. The molecule has 3 rings (SSSR count). The lowest BCUT2D eigenvalue weighted by Gasteiger charge is -2.39. The first-order valence-electron chi connectivity index (χ1n) is 8.22. The van der Waals surface area contributed by atoms with Crippen molar-refractivity contribution in [2.75, 3.05) is 13.1 Å². The molecule has 0 saturated carbocycles. The summed E-state index contributed by atoms with van der Waals surface area (Å²) >= 11 is 0. The lowest BCUT2D eigenvalue weighted by atomic mass is 10.1. The summed E-state index contributed by atoms with van der Waals surface area (Å²) in [7, 11) is 0. The van der Waals surface area contributed by atoms with Gasteiger partial charge in [0.05, 0.1) is 19.2 Å². The van der Waals surface area contributed by atoms with Crippen LogP contribution in [0, 0.1) is 19.7 Å². The third-order valence-electron chi connectivity index (χ3n) is 4.23. The van der Waals surface area contributed by atoms with Crippen LogP contribution in [-0.2, 0) is 11.2 Å². The highest BCUT2D eigenvalue weighted by molar-refractivity contribution is 5.77. The largest absolute Gasteiger partial charge is 0.486 e. The molecule has 2 aromatic rings. The summed E-state index contributed by atoms with van der Waals surface area (Å²) in [6.45, 7) is 4.36. The molecule has 0 radical (unpaired) electrons. The van der Waals surface area contributed by atoms with Crippen LogP contribution in [0.15, 0.2) is 39.5 Å². The number of hydrogen-bond donors (Lipinski definition) is 0. The molecule has 0 bridgehead atoms. The van der Waals surface area contributed by atoms with E-state index in [4.69, 9.17) is 9.15 Å². The van der Waals surface area contributed by atoms with E-state index < -0.39 is 5.63 Å². The Bertz CT molecular complexity index is 840. The number of halogens is 1. The van der Waals surface area contributed by atoms with E-state index >= 15 is 0 Å². The predicted molar refractivity (Wildman–Crippen MR) is 90.2 cm³/mol. The second kappa shape index (κ2) is 7.09. The van der Waals surface area contributed by atoms with Crippen LogP contribution < -0.4 is 10.4 Å². The Labute approximate surface area is 145 Å². The normalized spacial score (nSPS) is 14.3. The Morgan fingerprint density at radius 2 is 2.04 bits per heavy atom. The molecule has 1 aliphatic heterocycles.